The number of halogens is 1. The molecule has 0 aromatic heterocycles. The van der Waals surface area contributed by atoms with Gasteiger partial charge in [0.2, 0.25) is 0 Å². The maximum absolute atomic E-state index is 10.2. The van der Waals surface area contributed by atoms with E-state index in [1.54, 1.807) is 0 Å². The van der Waals surface area contributed by atoms with E-state index in [0.717, 1.165) is 34.8 Å². The van der Waals surface area contributed by atoms with Gasteiger partial charge in [-0.25, -0.2) is 0 Å². The molecule has 4 aliphatic rings. The van der Waals surface area contributed by atoms with Gasteiger partial charge in [-0.1, -0.05) is 36.4 Å². The van der Waals surface area contributed by atoms with Crippen LogP contribution in [-0.4, -0.2) is 5.11 Å². The molecule has 2 heteroatoms. The van der Waals surface area contributed by atoms with Gasteiger partial charge in [0.05, 0.1) is 3.57 Å². The van der Waals surface area contributed by atoms with Crippen molar-refractivity contribution in [1.29, 1.82) is 0 Å². The number of phenols is 1. The van der Waals surface area contributed by atoms with Crippen LogP contribution in [0.4, 0.5) is 0 Å². The number of hydrogen-bond donors (Lipinski definition) is 1. The Bertz CT molecular complexity index is 520. The van der Waals surface area contributed by atoms with Gasteiger partial charge in [-0.15, -0.1) is 0 Å². The summed E-state index contributed by atoms with van der Waals surface area (Å²) in [6, 6.07) is 13.1. The summed E-state index contributed by atoms with van der Waals surface area (Å²) in [4.78, 5) is 0. The first kappa shape index (κ1) is 12.0. The monoisotopic (exact) mass is 350 g/mol. The van der Waals surface area contributed by atoms with E-state index >= 15 is 0 Å². The summed E-state index contributed by atoms with van der Waals surface area (Å²) >= 11 is 2.27. The van der Waals surface area contributed by atoms with Crippen molar-refractivity contribution < 1.29 is 5.11 Å². The van der Waals surface area contributed by atoms with E-state index in [4.69, 9.17) is 0 Å². The fourth-order valence-corrected chi connectivity index (χ4v) is 3.27. The van der Waals surface area contributed by atoms with Crippen LogP contribution in [0.5, 0.6) is 5.75 Å². The summed E-state index contributed by atoms with van der Waals surface area (Å²) in [5.74, 6) is 0.489. The maximum atomic E-state index is 10.2. The minimum absolute atomic E-state index is 0.489. The summed E-state index contributed by atoms with van der Waals surface area (Å²) in [5, 5.41) is 10.2. The van der Waals surface area contributed by atoms with Gasteiger partial charge in [0, 0.05) is 0 Å². The Kier molecular flexibility index (Phi) is 3.29. The Balaban J connectivity index is 2.05. The van der Waals surface area contributed by atoms with E-state index in [1.807, 2.05) is 0 Å². The van der Waals surface area contributed by atoms with Crippen LogP contribution in [0.2, 0.25) is 0 Å². The van der Waals surface area contributed by atoms with Crippen molar-refractivity contribution in [2.45, 2.75) is 25.7 Å². The first-order chi connectivity index (χ1) is 8.74. The first-order valence-electron chi connectivity index (χ1n) is 6.31. The van der Waals surface area contributed by atoms with Gasteiger partial charge in [0.25, 0.3) is 0 Å². The van der Waals surface area contributed by atoms with Gasteiger partial charge in [-0.2, -0.15) is 0 Å². The van der Waals surface area contributed by atoms with Crippen LogP contribution in [0.25, 0.3) is 0 Å². The van der Waals surface area contributed by atoms with Crippen molar-refractivity contribution in [3.8, 4) is 5.75 Å². The Morgan fingerprint density at radius 1 is 0.722 bits per heavy atom. The molecule has 6 rings (SSSR count). The molecule has 2 aromatic carbocycles. The topological polar surface area (TPSA) is 20.2 Å². The highest BCUT2D eigenvalue weighted by Crippen LogP contribution is 2.30. The van der Waals surface area contributed by atoms with Crippen LogP contribution in [0.3, 0.4) is 0 Å². The molecule has 4 bridgehead atoms. The van der Waals surface area contributed by atoms with Crippen LogP contribution in [0, 0.1) is 3.57 Å². The second-order valence-electron chi connectivity index (χ2n) is 4.86. The van der Waals surface area contributed by atoms with Gasteiger partial charge in [-0.3, -0.25) is 0 Å². The third-order valence-electron chi connectivity index (χ3n) is 3.67. The molecule has 18 heavy (non-hydrogen) atoms. The summed E-state index contributed by atoms with van der Waals surface area (Å²) < 4.78 is 1.03. The molecule has 0 saturated carbocycles. The largest absolute Gasteiger partial charge is 0.507 e. The highest BCUT2D eigenvalue weighted by molar-refractivity contribution is 14.1. The molecule has 1 nitrogen and oxygen atoms in total. The minimum Gasteiger partial charge on any atom is -0.507 e. The second-order valence-corrected chi connectivity index (χ2v) is 5.94. The molecule has 0 atom stereocenters. The minimum atomic E-state index is 0.489. The van der Waals surface area contributed by atoms with E-state index < -0.39 is 0 Å². The van der Waals surface area contributed by atoms with Crippen LogP contribution in [0.1, 0.15) is 22.3 Å². The van der Waals surface area contributed by atoms with Crippen molar-refractivity contribution in [1.82, 2.24) is 0 Å². The Morgan fingerprint density at radius 3 is 1.83 bits per heavy atom. The molecular formula is C16H15IO. The number of hydrogen-bond acceptors (Lipinski definition) is 1. The predicted molar refractivity (Wildman–Crippen MR) is 82.1 cm³/mol. The zero-order valence-corrected chi connectivity index (χ0v) is 12.3. The van der Waals surface area contributed by atoms with E-state index in [2.05, 4.69) is 59.0 Å². The summed E-state index contributed by atoms with van der Waals surface area (Å²) in [5.41, 5.74) is 5.03. The number of aryl methyl sites for hydroxylation is 4. The number of phenolic OH excluding ortho intramolecular Hbond substituents is 1. The van der Waals surface area contributed by atoms with Gasteiger partial charge in [-0.05, 0) is 70.5 Å². The predicted octanol–water partition coefficient (Wildman–Crippen LogP) is 3.88. The van der Waals surface area contributed by atoms with Gasteiger partial charge >= 0.3 is 0 Å². The van der Waals surface area contributed by atoms with Crippen molar-refractivity contribution >= 4 is 22.6 Å². The lowest BCUT2D eigenvalue weighted by Crippen LogP contribution is -2.00. The van der Waals surface area contributed by atoms with Crippen LogP contribution in [0.15, 0.2) is 36.4 Å². The molecule has 0 amide bonds. The third kappa shape index (κ3) is 2.26. The average molecular weight is 350 g/mol. The zero-order valence-electron chi connectivity index (χ0n) is 10.1. The van der Waals surface area contributed by atoms with Crippen molar-refractivity contribution in [2.24, 2.45) is 0 Å². The maximum Gasteiger partial charge on any atom is 0.132 e. The molecule has 0 heterocycles. The number of rotatable bonds is 0. The van der Waals surface area contributed by atoms with E-state index in [-0.39, 0.29) is 0 Å². The molecular weight excluding hydrogens is 335 g/mol. The van der Waals surface area contributed by atoms with E-state index in [1.165, 1.54) is 16.7 Å². The molecule has 0 radical (unpaired) electrons. The van der Waals surface area contributed by atoms with Crippen molar-refractivity contribution in [2.75, 3.05) is 0 Å². The molecule has 4 aliphatic carbocycles. The molecule has 2 aromatic rings. The number of aromatic hydroxyl groups is 1. The second kappa shape index (κ2) is 4.92. The molecule has 0 saturated heterocycles. The molecule has 1 N–H and O–H groups in total. The van der Waals surface area contributed by atoms with Crippen molar-refractivity contribution in [3.05, 3.63) is 62.2 Å². The van der Waals surface area contributed by atoms with Crippen LogP contribution in [-0.2, 0) is 25.7 Å². The average Bonchev–Trinajstić information content (AvgIpc) is 2.38. The van der Waals surface area contributed by atoms with Crippen molar-refractivity contribution in [3.63, 3.8) is 0 Å². The molecule has 0 spiro atoms. The SMILES string of the molecule is Oc1c2ccc(c1I)CCc1ccc(cc1)CC2. The van der Waals surface area contributed by atoms with Crippen LogP contribution < -0.4 is 0 Å². The Morgan fingerprint density at radius 2 is 1.22 bits per heavy atom. The molecule has 0 aliphatic heterocycles. The van der Waals surface area contributed by atoms with Crippen LogP contribution >= 0.6 is 22.6 Å². The lowest BCUT2D eigenvalue weighted by molar-refractivity contribution is 0.463. The fourth-order valence-electron chi connectivity index (χ4n) is 2.47. The fraction of sp³-hybridized carbons (Fsp3) is 0.250. The van der Waals surface area contributed by atoms with E-state index in [9.17, 15) is 5.11 Å². The van der Waals surface area contributed by atoms with Gasteiger partial charge in [0.1, 0.15) is 5.75 Å². The Labute approximate surface area is 121 Å². The van der Waals surface area contributed by atoms with Gasteiger partial charge in [0.15, 0.2) is 0 Å². The van der Waals surface area contributed by atoms with Gasteiger partial charge < -0.3 is 5.11 Å². The quantitative estimate of drug-likeness (QED) is 0.715. The molecule has 0 unspecified atom stereocenters. The smallest absolute Gasteiger partial charge is 0.132 e. The standard InChI is InChI=1S/C16H15IO/c17-15-13-7-5-11-1-3-12(4-2-11)6-8-14(10-9-13)16(15)18/h1-4,9-10,18H,5-8H2. The first-order valence-corrected chi connectivity index (χ1v) is 7.39. The number of benzene rings is 2. The highest BCUT2D eigenvalue weighted by Gasteiger charge is 2.11. The highest BCUT2D eigenvalue weighted by atomic mass is 127. The summed E-state index contributed by atoms with van der Waals surface area (Å²) in [7, 11) is 0. The lowest BCUT2D eigenvalue weighted by atomic mass is 9.96. The van der Waals surface area contributed by atoms with E-state index in [0.29, 0.717) is 5.75 Å². The summed E-state index contributed by atoms with van der Waals surface area (Å²) in [6.07, 6.45) is 3.92. The normalized spacial score (nSPS) is 14.3. The Hall–Kier alpha value is -1.03. The third-order valence-corrected chi connectivity index (χ3v) is 4.87. The molecule has 0 fully saturated rings. The molecule has 92 valence electrons. The summed E-state index contributed by atoms with van der Waals surface area (Å²) in [6.45, 7) is 0. The zero-order chi connectivity index (χ0) is 12.5. The lowest BCUT2D eigenvalue weighted by Gasteiger charge is -2.13.